The average Bonchev–Trinajstić information content (AvgIpc) is 3.22. The molecule has 0 aliphatic rings. The first-order valence-electron chi connectivity index (χ1n) is 18.4. The molecule has 5 atom stereocenters. The Morgan fingerprint density at radius 1 is 0.696 bits per heavy atom. The van der Waals surface area contributed by atoms with Crippen LogP contribution in [-0.2, 0) is 49.4 Å². The number of methoxy groups -OCH3 is 1. The molecule has 0 heterocycles. The van der Waals surface area contributed by atoms with Crippen molar-refractivity contribution in [3.63, 3.8) is 0 Å². The van der Waals surface area contributed by atoms with E-state index in [-0.39, 0.29) is 43.1 Å². The minimum atomic E-state index is -4.10. The predicted octanol–water partition coefficient (Wildman–Crippen LogP) is 7.88. The Kier molecular flexibility index (Phi) is 16.8. The van der Waals surface area contributed by atoms with Crippen LogP contribution in [0.1, 0.15) is 65.5 Å². The summed E-state index contributed by atoms with van der Waals surface area (Å²) in [4.78, 5) is 38.6. The van der Waals surface area contributed by atoms with Gasteiger partial charge in [0.2, 0.25) is 0 Å². The van der Waals surface area contributed by atoms with Gasteiger partial charge in [0.05, 0.1) is 60.9 Å². The Balaban J connectivity index is 1.64. The Morgan fingerprint density at radius 2 is 1.23 bits per heavy atom. The van der Waals surface area contributed by atoms with Crippen LogP contribution in [-0.4, -0.2) is 65.0 Å². The van der Waals surface area contributed by atoms with Crippen molar-refractivity contribution < 1.29 is 50.7 Å². The highest BCUT2D eigenvalue weighted by molar-refractivity contribution is 7.86. The van der Waals surface area contributed by atoms with Crippen molar-refractivity contribution in [2.45, 2.75) is 70.4 Å². The largest absolute Gasteiger partial charge is 0.497 e. The molecule has 4 rings (SSSR count). The van der Waals surface area contributed by atoms with E-state index < -0.39 is 58.2 Å². The smallest absolute Gasteiger partial charge is 0.338 e. The average molecular weight is 787 g/mol. The second kappa shape index (κ2) is 21.7. The number of ether oxygens (including phenoxy) is 5. The third-order valence-electron chi connectivity index (χ3n) is 9.28. The fourth-order valence-electron chi connectivity index (χ4n) is 6.01. The Bertz CT molecular complexity index is 1970. The lowest BCUT2D eigenvalue weighted by atomic mass is 9.84. The van der Waals surface area contributed by atoms with E-state index in [0.29, 0.717) is 11.1 Å². The number of carbonyl (C=O) groups is 3. The maximum atomic E-state index is 13.5. The number of rotatable bonds is 21. The van der Waals surface area contributed by atoms with E-state index in [0.717, 1.165) is 11.1 Å². The fraction of sp³-hybridized carbons (Fsp3) is 0.341. The van der Waals surface area contributed by atoms with Crippen LogP contribution in [0.25, 0.3) is 0 Å². The van der Waals surface area contributed by atoms with Crippen LogP contribution in [0.5, 0.6) is 0 Å². The molecular weight excluding hydrogens is 737 g/mol. The molecule has 0 aromatic heterocycles. The number of carbonyl (C=O) groups excluding carboxylic acids is 3. The summed E-state index contributed by atoms with van der Waals surface area (Å²) in [5, 5.41) is 0. The molecule has 56 heavy (non-hydrogen) atoms. The maximum absolute atomic E-state index is 13.5. The summed E-state index contributed by atoms with van der Waals surface area (Å²) in [7, 11) is -2.84. The molecule has 4 aromatic rings. The molecule has 4 aromatic carbocycles. The summed E-state index contributed by atoms with van der Waals surface area (Å²) in [6.45, 7) is 7.01. The molecule has 0 radical (unpaired) electrons. The number of hydrogen-bond acceptors (Lipinski definition) is 11. The third-order valence-corrected chi connectivity index (χ3v) is 10.6. The van der Waals surface area contributed by atoms with Gasteiger partial charge in [0, 0.05) is 24.7 Å². The van der Waals surface area contributed by atoms with E-state index in [9.17, 15) is 22.8 Å². The number of hydrogen-bond donors (Lipinski definition) is 0. The van der Waals surface area contributed by atoms with Crippen LogP contribution in [0.4, 0.5) is 0 Å². The molecule has 0 bridgehead atoms. The third kappa shape index (κ3) is 13.2. The van der Waals surface area contributed by atoms with Gasteiger partial charge in [-0.1, -0.05) is 98.3 Å². The predicted molar refractivity (Wildman–Crippen MR) is 210 cm³/mol. The minimum absolute atomic E-state index is 0.0174. The minimum Gasteiger partial charge on any atom is -0.497 e. The molecule has 11 nitrogen and oxygen atoms in total. The highest BCUT2D eigenvalue weighted by Crippen LogP contribution is 2.31. The van der Waals surface area contributed by atoms with Gasteiger partial charge in [-0.3, -0.25) is 4.18 Å². The normalized spacial score (nSPS) is 14.4. The SMILES string of the molecule is COC(=O)/C(C)=C/O[C@@H](CCOS(=O)(=O)c1ccc(C)cc1)[C@@H](C)[C@@H](OCc1ccccc1)[C@H](C)[C@@H](CCOC(=O)c1ccccc1)OC(=O)c1ccccc1. The monoisotopic (exact) mass is 786 g/mol. The van der Waals surface area contributed by atoms with Crippen LogP contribution in [0.3, 0.4) is 0 Å². The lowest BCUT2D eigenvalue weighted by molar-refractivity contribution is -0.136. The zero-order valence-electron chi connectivity index (χ0n) is 32.4. The van der Waals surface area contributed by atoms with Crippen LogP contribution in [0.15, 0.2) is 132 Å². The summed E-state index contributed by atoms with van der Waals surface area (Å²) < 4.78 is 61.1. The van der Waals surface area contributed by atoms with Crippen molar-refractivity contribution in [3.05, 3.63) is 149 Å². The van der Waals surface area contributed by atoms with E-state index in [2.05, 4.69) is 0 Å². The molecule has 0 spiro atoms. The van der Waals surface area contributed by atoms with Crippen LogP contribution in [0.2, 0.25) is 0 Å². The van der Waals surface area contributed by atoms with Gasteiger partial charge in [0.1, 0.15) is 12.2 Å². The Labute approximate surface area is 329 Å². The highest BCUT2D eigenvalue weighted by Gasteiger charge is 2.38. The fourth-order valence-corrected chi connectivity index (χ4v) is 6.93. The molecule has 0 aliphatic carbocycles. The quantitative estimate of drug-likeness (QED) is 0.0268. The molecule has 0 saturated carbocycles. The highest BCUT2D eigenvalue weighted by atomic mass is 32.2. The number of esters is 3. The van der Waals surface area contributed by atoms with E-state index in [1.165, 1.54) is 32.4 Å². The zero-order valence-corrected chi connectivity index (χ0v) is 33.2. The van der Waals surface area contributed by atoms with Crippen molar-refractivity contribution in [1.82, 2.24) is 0 Å². The van der Waals surface area contributed by atoms with E-state index in [1.807, 2.05) is 51.1 Å². The summed E-state index contributed by atoms with van der Waals surface area (Å²) >= 11 is 0. The molecule has 0 fully saturated rings. The van der Waals surface area contributed by atoms with E-state index in [1.54, 1.807) is 72.8 Å². The molecule has 0 unspecified atom stereocenters. The first-order chi connectivity index (χ1) is 26.9. The van der Waals surface area contributed by atoms with Crippen molar-refractivity contribution in [2.75, 3.05) is 20.3 Å². The van der Waals surface area contributed by atoms with Gasteiger partial charge in [-0.25, -0.2) is 14.4 Å². The van der Waals surface area contributed by atoms with Gasteiger partial charge in [-0.15, -0.1) is 0 Å². The summed E-state index contributed by atoms with van der Waals surface area (Å²) in [6.07, 6.45) is -0.803. The van der Waals surface area contributed by atoms with E-state index in [4.69, 9.17) is 27.9 Å². The van der Waals surface area contributed by atoms with E-state index >= 15 is 0 Å². The summed E-state index contributed by atoms with van der Waals surface area (Å²) in [5.74, 6) is -2.74. The van der Waals surface area contributed by atoms with Gasteiger partial charge in [0.25, 0.3) is 10.1 Å². The van der Waals surface area contributed by atoms with Gasteiger partial charge in [-0.05, 0) is 55.8 Å². The molecule has 298 valence electrons. The lowest BCUT2D eigenvalue weighted by Crippen LogP contribution is -2.43. The standard InChI is InChI=1S/C44H50O11S/c1-31-21-23-38(24-22-31)56(48,49)54-28-26-39(52-29-32(2)42(45)50-5)33(3)41(53-30-35-15-9-6-10-16-35)34(4)40(55-44(47)37-19-13-8-14-20-37)25-27-51-43(46)36-17-11-7-12-18-36/h6-24,29,33-34,39-41H,25-28,30H2,1-5H3/b32-29+/t33-,34-,39+,40-,41-/m1/s1. The molecule has 0 saturated heterocycles. The lowest BCUT2D eigenvalue weighted by Gasteiger charge is -2.37. The molecule has 0 amide bonds. The molecule has 0 aliphatic heterocycles. The van der Waals surface area contributed by atoms with Crippen molar-refractivity contribution in [1.29, 1.82) is 0 Å². The van der Waals surface area contributed by atoms with Crippen molar-refractivity contribution in [2.24, 2.45) is 11.8 Å². The van der Waals surface area contributed by atoms with Gasteiger partial charge in [-0.2, -0.15) is 8.42 Å². The second-order valence-corrected chi connectivity index (χ2v) is 15.0. The van der Waals surface area contributed by atoms with Crippen molar-refractivity contribution >= 4 is 28.0 Å². The Morgan fingerprint density at radius 3 is 1.82 bits per heavy atom. The van der Waals surface area contributed by atoms with Gasteiger partial charge >= 0.3 is 17.9 Å². The summed E-state index contributed by atoms with van der Waals surface area (Å²) in [5.41, 5.74) is 2.70. The van der Waals surface area contributed by atoms with Crippen LogP contribution >= 0.6 is 0 Å². The zero-order chi connectivity index (χ0) is 40.5. The maximum Gasteiger partial charge on any atom is 0.338 e. The number of aryl methyl sites for hydroxylation is 1. The number of benzene rings is 4. The Hall–Kier alpha value is -5.30. The van der Waals surface area contributed by atoms with Crippen molar-refractivity contribution in [3.8, 4) is 0 Å². The molecular formula is C44H50O11S. The molecule has 0 N–H and O–H groups in total. The van der Waals surface area contributed by atoms with Crippen LogP contribution < -0.4 is 0 Å². The second-order valence-electron chi connectivity index (χ2n) is 13.4. The molecule has 12 heteroatoms. The summed E-state index contributed by atoms with van der Waals surface area (Å²) in [6, 6.07) is 33.0. The first kappa shape index (κ1) is 43.4. The van der Waals surface area contributed by atoms with Gasteiger partial charge < -0.3 is 23.7 Å². The van der Waals surface area contributed by atoms with Gasteiger partial charge in [0.15, 0.2) is 0 Å². The first-order valence-corrected chi connectivity index (χ1v) is 19.8. The van der Waals surface area contributed by atoms with Crippen LogP contribution in [0, 0.1) is 18.8 Å². The topological polar surface area (TPSA) is 141 Å².